The fraction of sp³-hybridized carbons (Fsp3) is 0.750. The van der Waals surface area contributed by atoms with Gasteiger partial charge < -0.3 is 33.2 Å². The molecular formula is C48H80N4O15. The Morgan fingerprint density at radius 1 is 0.433 bits per heavy atom. The van der Waals surface area contributed by atoms with E-state index in [-0.39, 0.29) is 38.5 Å². The molecule has 0 bridgehead atoms. The van der Waals surface area contributed by atoms with Crippen LogP contribution in [0.1, 0.15) is 130 Å². The number of non-ortho nitro benzene ring substituents is 1. The van der Waals surface area contributed by atoms with Crippen molar-refractivity contribution in [3.05, 3.63) is 39.9 Å². The van der Waals surface area contributed by atoms with Crippen molar-refractivity contribution in [1.29, 1.82) is 0 Å². The number of carbonyl (C=O) groups excluding carboxylic acids is 6. The van der Waals surface area contributed by atoms with Gasteiger partial charge in [-0.3, -0.25) is 53.6 Å². The molecule has 0 atom stereocenters. The molecule has 19 heteroatoms. The second-order valence-corrected chi connectivity index (χ2v) is 22.9. The van der Waals surface area contributed by atoms with Crippen molar-refractivity contribution in [3.63, 3.8) is 0 Å². The average molecular weight is 953 g/mol. The summed E-state index contributed by atoms with van der Waals surface area (Å²) in [5.74, 6) is -4.19. The highest BCUT2D eigenvalue weighted by atomic mass is 16.6. The van der Waals surface area contributed by atoms with E-state index in [0.717, 1.165) is 0 Å². The first-order valence-electron chi connectivity index (χ1n) is 22.4. The van der Waals surface area contributed by atoms with Crippen molar-refractivity contribution in [2.75, 3.05) is 65.5 Å². The second-order valence-electron chi connectivity index (χ2n) is 22.9. The van der Waals surface area contributed by atoms with Gasteiger partial charge in [-0.2, -0.15) is 0 Å². The molecule has 19 nitrogen and oxygen atoms in total. The fourth-order valence-electron chi connectivity index (χ4n) is 6.65. The topological polar surface area (TPSA) is 220 Å². The predicted molar refractivity (Wildman–Crippen MR) is 250 cm³/mol. The van der Waals surface area contributed by atoms with E-state index in [2.05, 4.69) is 0 Å². The van der Waals surface area contributed by atoms with Crippen LogP contribution in [0.4, 0.5) is 5.69 Å². The summed E-state index contributed by atoms with van der Waals surface area (Å²) in [5.41, 5.74) is -6.61. The third-order valence-corrected chi connectivity index (χ3v) is 8.14. The Balaban J connectivity index is 4.35. The van der Waals surface area contributed by atoms with Crippen LogP contribution in [0, 0.1) is 15.5 Å². The van der Waals surface area contributed by atoms with Gasteiger partial charge in [-0.25, -0.2) is 0 Å². The van der Waals surface area contributed by atoms with E-state index >= 15 is 0 Å². The van der Waals surface area contributed by atoms with E-state index in [0.29, 0.717) is 5.56 Å². The number of hydrogen-bond donors (Lipinski definition) is 0. The smallest absolute Gasteiger partial charge is 0.320 e. The van der Waals surface area contributed by atoms with Crippen molar-refractivity contribution < 1.29 is 66.8 Å². The average Bonchev–Trinajstić information content (AvgIpc) is 3.02. The number of nitrogens with zero attached hydrogens (tertiary/aromatic N) is 4. The maximum absolute atomic E-state index is 13.7. The molecule has 0 aromatic heterocycles. The molecule has 0 aliphatic carbocycles. The first kappa shape index (κ1) is 60.3. The van der Waals surface area contributed by atoms with Crippen LogP contribution in [-0.4, -0.2) is 155 Å². The number of carbonyl (C=O) groups is 6. The number of esters is 6. The Labute approximate surface area is 397 Å². The van der Waals surface area contributed by atoms with Crippen LogP contribution < -0.4 is 0 Å². The zero-order valence-corrected chi connectivity index (χ0v) is 43.5. The SMILES string of the molecule is CC(C)(C)OC(=O)CN(CC(=O)OC(C)(C)C)CC(COCc1ccc([N+](=O)[O-])cc1)(CN(CC(=O)OC(C)(C)C)CC(=O)OC(C)(C)C)CN(CC(=O)OC(C)(C)C)CC(=O)OC(C)(C)C. The fourth-order valence-corrected chi connectivity index (χ4v) is 6.65. The molecule has 0 radical (unpaired) electrons. The highest BCUT2D eigenvalue weighted by molar-refractivity contribution is 5.77. The lowest BCUT2D eigenvalue weighted by molar-refractivity contribution is -0.384. The van der Waals surface area contributed by atoms with Gasteiger partial charge in [0.2, 0.25) is 0 Å². The molecule has 0 amide bonds. The van der Waals surface area contributed by atoms with Crippen LogP contribution in [0.25, 0.3) is 0 Å². The third kappa shape index (κ3) is 29.6. The standard InChI is InChI=1S/C48H80N4O15/c1-42(2,3)62-36(53)23-49(24-37(54)63-43(4,5)6)30-48(33-61-29-34-19-21-35(22-20-34)52(59)60,31-50(25-38(55)64-44(7,8)9)26-39(56)65-45(10,11)12)32-51(27-40(57)66-46(13,14)15)28-41(58)67-47(16,17)18/h19-22H,23-33H2,1-18H3. The lowest BCUT2D eigenvalue weighted by atomic mass is 9.85. The van der Waals surface area contributed by atoms with Gasteiger partial charge in [0, 0.05) is 37.2 Å². The minimum absolute atomic E-state index is 0.117. The van der Waals surface area contributed by atoms with Gasteiger partial charge in [-0.15, -0.1) is 0 Å². The number of hydrogen-bond acceptors (Lipinski definition) is 18. The maximum atomic E-state index is 13.7. The summed E-state index contributed by atoms with van der Waals surface area (Å²) >= 11 is 0. The summed E-state index contributed by atoms with van der Waals surface area (Å²) in [6, 6.07) is 5.68. The normalized spacial score (nSPS) is 13.0. The largest absolute Gasteiger partial charge is 0.459 e. The zero-order valence-electron chi connectivity index (χ0n) is 43.5. The van der Waals surface area contributed by atoms with Crippen molar-refractivity contribution in [1.82, 2.24) is 14.7 Å². The van der Waals surface area contributed by atoms with E-state index in [9.17, 15) is 38.9 Å². The molecule has 1 aromatic carbocycles. The summed E-state index contributed by atoms with van der Waals surface area (Å²) in [7, 11) is 0. The summed E-state index contributed by atoms with van der Waals surface area (Å²) < 4.78 is 40.7. The molecule has 0 saturated carbocycles. The van der Waals surface area contributed by atoms with Crippen molar-refractivity contribution >= 4 is 41.5 Å². The van der Waals surface area contributed by atoms with Crippen molar-refractivity contribution in [2.45, 2.75) is 165 Å². The molecule has 0 aliphatic rings. The summed E-state index contributed by atoms with van der Waals surface area (Å²) in [6.07, 6.45) is 0. The molecule has 1 aromatic rings. The van der Waals surface area contributed by atoms with Crippen LogP contribution in [0.3, 0.4) is 0 Å². The molecule has 1 rings (SSSR count). The number of nitro groups is 1. The second kappa shape index (κ2) is 24.5. The molecule has 67 heavy (non-hydrogen) atoms. The van der Waals surface area contributed by atoms with E-state index in [1.165, 1.54) is 39.0 Å². The summed E-state index contributed by atoms with van der Waals surface area (Å²) in [6.45, 7) is 26.5. The molecule has 0 heterocycles. The Hall–Kier alpha value is -4.72. The number of nitro benzene ring substituents is 1. The van der Waals surface area contributed by atoms with E-state index in [4.69, 9.17) is 33.2 Å². The molecule has 0 N–H and O–H groups in total. The van der Waals surface area contributed by atoms with Gasteiger partial charge in [-0.1, -0.05) is 0 Å². The molecular weight excluding hydrogens is 873 g/mol. The molecule has 0 fully saturated rings. The van der Waals surface area contributed by atoms with Gasteiger partial charge in [0.05, 0.1) is 57.4 Å². The Morgan fingerprint density at radius 3 is 0.851 bits per heavy atom. The summed E-state index contributed by atoms with van der Waals surface area (Å²) in [4.78, 5) is 97.5. The van der Waals surface area contributed by atoms with E-state index in [1.807, 2.05) is 0 Å². The number of rotatable bonds is 23. The number of benzene rings is 1. The third-order valence-electron chi connectivity index (χ3n) is 8.14. The zero-order chi connectivity index (χ0) is 52.0. The van der Waals surface area contributed by atoms with Crippen LogP contribution in [0.15, 0.2) is 24.3 Å². The highest BCUT2D eigenvalue weighted by Crippen LogP contribution is 2.28. The molecule has 0 aliphatic heterocycles. The van der Waals surface area contributed by atoms with Gasteiger partial charge >= 0.3 is 35.8 Å². The first-order valence-corrected chi connectivity index (χ1v) is 22.4. The maximum Gasteiger partial charge on any atom is 0.320 e. The van der Waals surface area contributed by atoms with E-state index < -0.39 is 119 Å². The Kier molecular flexibility index (Phi) is 22.1. The minimum Gasteiger partial charge on any atom is -0.459 e. The predicted octanol–water partition coefficient (Wildman–Crippen LogP) is 6.05. The molecule has 382 valence electrons. The van der Waals surface area contributed by atoms with Crippen LogP contribution >= 0.6 is 0 Å². The summed E-state index contributed by atoms with van der Waals surface area (Å²) in [5, 5.41) is 11.4. The van der Waals surface area contributed by atoms with Gasteiger partial charge in [0.25, 0.3) is 5.69 Å². The highest BCUT2D eigenvalue weighted by Gasteiger charge is 2.41. The van der Waals surface area contributed by atoms with Crippen LogP contribution in [-0.2, 0) is 68.5 Å². The lowest BCUT2D eigenvalue weighted by Gasteiger charge is -2.43. The molecule has 0 spiro atoms. The molecule has 0 unspecified atom stereocenters. The Morgan fingerprint density at radius 2 is 0.657 bits per heavy atom. The quantitative estimate of drug-likeness (QED) is 0.0527. The van der Waals surface area contributed by atoms with Crippen molar-refractivity contribution in [3.8, 4) is 0 Å². The van der Waals surface area contributed by atoms with E-state index in [1.54, 1.807) is 125 Å². The number of ether oxygens (including phenoxy) is 7. The minimum atomic E-state index is -1.47. The first-order chi connectivity index (χ1) is 30.1. The van der Waals surface area contributed by atoms with Gasteiger partial charge in [0.15, 0.2) is 0 Å². The molecule has 0 saturated heterocycles. The monoisotopic (exact) mass is 953 g/mol. The van der Waals surface area contributed by atoms with Crippen molar-refractivity contribution in [2.24, 2.45) is 5.41 Å². The van der Waals surface area contributed by atoms with Crippen LogP contribution in [0.5, 0.6) is 0 Å². The Bertz CT molecular complexity index is 1570. The van der Waals surface area contributed by atoms with Gasteiger partial charge in [-0.05, 0) is 142 Å². The lowest BCUT2D eigenvalue weighted by Crippen LogP contribution is -2.58. The van der Waals surface area contributed by atoms with Crippen LogP contribution in [0.2, 0.25) is 0 Å². The van der Waals surface area contributed by atoms with Gasteiger partial charge in [0.1, 0.15) is 33.6 Å².